The molecule has 6 heteroatoms. The average Bonchev–Trinajstić information content (AvgIpc) is 3.16. The maximum Gasteiger partial charge on any atom is 0.261 e. The van der Waals surface area contributed by atoms with E-state index in [0.717, 1.165) is 38.8 Å². The van der Waals surface area contributed by atoms with Gasteiger partial charge in [-0.05, 0) is 42.8 Å². The molecule has 0 spiro atoms. The molecular weight excluding hydrogens is 370 g/mol. The van der Waals surface area contributed by atoms with Gasteiger partial charge in [0.05, 0.1) is 18.4 Å². The maximum atomic E-state index is 13.1. The molecule has 28 heavy (non-hydrogen) atoms. The van der Waals surface area contributed by atoms with E-state index in [9.17, 15) is 4.79 Å². The van der Waals surface area contributed by atoms with E-state index in [-0.39, 0.29) is 5.56 Å². The zero-order valence-electron chi connectivity index (χ0n) is 15.8. The fraction of sp³-hybridized carbons (Fsp3) is 0.136. The molecule has 1 aromatic carbocycles. The predicted octanol–water partition coefficient (Wildman–Crippen LogP) is 4.55. The van der Waals surface area contributed by atoms with Gasteiger partial charge in [-0.2, -0.15) is 0 Å². The second-order valence-corrected chi connectivity index (χ2v) is 7.31. The minimum Gasteiger partial charge on any atom is -0.497 e. The van der Waals surface area contributed by atoms with Crippen LogP contribution in [0.5, 0.6) is 5.75 Å². The molecule has 4 rings (SSSR count). The molecule has 0 bridgehead atoms. The monoisotopic (exact) mass is 389 g/mol. The Morgan fingerprint density at radius 2 is 1.86 bits per heavy atom. The normalized spacial score (nSPS) is 10.8. The van der Waals surface area contributed by atoms with Gasteiger partial charge in [0.2, 0.25) is 0 Å². The molecule has 0 fully saturated rings. The van der Waals surface area contributed by atoms with Gasteiger partial charge in [0.15, 0.2) is 0 Å². The second-order valence-electron chi connectivity index (χ2n) is 6.45. The highest BCUT2D eigenvalue weighted by atomic mass is 32.1. The van der Waals surface area contributed by atoms with Crippen LogP contribution in [-0.4, -0.2) is 21.6 Å². The Hall–Kier alpha value is -3.25. The standard InChI is InChI=1S/C22H19N3O2S/c1-14-13-28-21(24-14)19-11-18(15-6-8-17(27-3)9-7-15)20(25(2)22(19)26)16-5-4-10-23-12-16/h4-13H,1-3H3. The Kier molecular flexibility index (Phi) is 4.79. The molecular formula is C22H19N3O2S. The van der Waals surface area contributed by atoms with Crippen molar-refractivity contribution < 1.29 is 4.74 Å². The third kappa shape index (κ3) is 3.23. The van der Waals surface area contributed by atoms with Gasteiger partial charge in [-0.15, -0.1) is 11.3 Å². The Labute approximate surface area is 166 Å². The van der Waals surface area contributed by atoms with Gasteiger partial charge < -0.3 is 9.30 Å². The molecule has 0 N–H and O–H groups in total. The van der Waals surface area contributed by atoms with Crippen molar-refractivity contribution in [1.82, 2.24) is 14.5 Å². The smallest absolute Gasteiger partial charge is 0.261 e. The van der Waals surface area contributed by atoms with E-state index in [2.05, 4.69) is 9.97 Å². The molecule has 0 saturated carbocycles. The van der Waals surface area contributed by atoms with E-state index in [4.69, 9.17) is 4.74 Å². The van der Waals surface area contributed by atoms with Gasteiger partial charge in [-0.25, -0.2) is 4.98 Å². The summed E-state index contributed by atoms with van der Waals surface area (Å²) in [6.07, 6.45) is 3.50. The van der Waals surface area contributed by atoms with Gasteiger partial charge >= 0.3 is 0 Å². The van der Waals surface area contributed by atoms with Crippen molar-refractivity contribution in [2.24, 2.45) is 7.05 Å². The largest absolute Gasteiger partial charge is 0.497 e. The number of benzene rings is 1. The van der Waals surface area contributed by atoms with Crippen molar-refractivity contribution in [3.63, 3.8) is 0 Å². The van der Waals surface area contributed by atoms with Crippen molar-refractivity contribution in [2.75, 3.05) is 7.11 Å². The van der Waals surface area contributed by atoms with Crippen molar-refractivity contribution in [3.8, 4) is 38.7 Å². The Balaban J connectivity index is 2.02. The Bertz CT molecular complexity index is 1180. The predicted molar refractivity (Wildman–Crippen MR) is 113 cm³/mol. The summed E-state index contributed by atoms with van der Waals surface area (Å²) in [5.41, 5.74) is 5.06. The van der Waals surface area contributed by atoms with Gasteiger partial charge in [-0.1, -0.05) is 12.1 Å². The zero-order chi connectivity index (χ0) is 19.7. The Morgan fingerprint density at radius 3 is 2.46 bits per heavy atom. The van der Waals surface area contributed by atoms with E-state index >= 15 is 0 Å². The minimum absolute atomic E-state index is 0.0783. The number of thiazole rings is 1. The first-order valence-corrected chi connectivity index (χ1v) is 9.68. The van der Waals surface area contributed by atoms with E-state index in [1.807, 2.05) is 54.8 Å². The average molecular weight is 389 g/mol. The molecule has 3 aromatic heterocycles. The van der Waals surface area contributed by atoms with Crippen LogP contribution >= 0.6 is 11.3 Å². The molecule has 0 amide bonds. The Morgan fingerprint density at radius 1 is 1.07 bits per heavy atom. The van der Waals surface area contributed by atoms with Crippen LogP contribution in [-0.2, 0) is 7.05 Å². The zero-order valence-corrected chi connectivity index (χ0v) is 16.7. The molecule has 3 heterocycles. The highest BCUT2D eigenvalue weighted by Gasteiger charge is 2.18. The third-order valence-corrected chi connectivity index (χ3v) is 5.59. The number of nitrogens with zero attached hydrogens (tertiary/aromatic N) is 3. The molecule has 140 valence electrons. The molecule has 4 aromatic rings. The van der Waals surface area contributed by atoms with Crippen LogP contribution in [0.25, 0.3) is 33.0 Å². The fourth-order valence-electron chi connectivity index (χ4n) is 3.21. The van der Waals surface area contributed by atoms with Gasteiger partial charge in [0.1, 0.15) is 10.8 Å². The van der Waals surface area contributed by atoms with Gasteiger partial charge in [0, 0.05) is 41.6 Å². The quantitative estimate of drug-likeness (QED) is 0.514. The molecule has 5 nitrogen and oxygen atoms in total. The molecule has 0 aliphatic carbocycles. The first kappa shape index (κ1) is 18.1. The number of hydrogen-bond donors (Lipinski definition) is 0. The SMILES string of the molecule is COc1ccc(-c2cc(-c3nc(C)cs3)c(=O)n(C)c2-c2cccnc2)cc1. The highest BCUT2D eigenvalue weighted by Crippen LogP contribution is 2.34. The van der Waals surface area contributed by atoms with Crippen LogP contribution < -0.4 is 10.3 Å². The topological polar surface area (TPSA) is 57.0 Å². The summed E-state index contributed by atoms with van der Waals surface area (Å²) in [7, 11) is 3.44. The molecule has 0 aliphatic rings. The van der Waals surface area contributed by atoms with Crippen LogP contribution in [0.1, 0.15) is 5.69 Å². The number of pyridine rings is 2. The van der Waals surface area contributed by atoms with Crippen LogP contribution in [0.3, 0.4) is 0 Å². The summed E-state index contributed by atoms with van der Waals surface area (Å²) in [4.78, 5) is 21.9. The van der Waals surface area contributed by atoms with Crippen molar-refractivity contribution >= 4 is 11.3 Å². The molecule has 0 atom stereocenters. The molecule has 0 radical (unpaired) electrons. The summed E-state index contributed by atoms with van der Waals surface area (Å²) in [6.45, 7) is 1.93. The summed E-state index contributed by atoms with van der Waals surface area (Å²) < 4.78 is 6.97. The first-order valence-electron chi connectivity index (χ1n) is 8.80. The lowest BCUT2D eigenvalue weighted by molar-refractivity contribution is 0.415. The third-order valence-electron chi connectivity index (χ3n) is 4.60. The number of hydrogen-bond acceptors (Lipinski definition) is 5. The van der Waals surface area contributed by atoms with E-state index in [0.29, 0.717) is 5.56 Å². The van der Waals surface area contributed by atoms with E-state index < -0.39 is 0 Å². The minimum atomic E-state index is -0.0783. The number of aryl methyl sites for hydroxylation is 1. The lowest BCUT2D eigenvalue weighted by Gasteiger charge is -2.16. The number of ether oxygens (including phenoxy) is 1. The van der Waals surface area contributed by atoms with Crippen LogP contribution in [0.15, 0.2) is 65.0 Å². The second kappa shape index (κ2) is 7.40. The lowest BCUT2D eigenvalue weighted by atomic mass is 9.98. The maximum absolute atomic E-state index is 13.1. The molecule has 0 unspecified atom stereocenters. The molecule has 0 saturated heterocycles. The van der Waals surface area contributed by atoms with Crippen molar-refractivity contribution in [3.05, 3.63) is 76.3 Å². The van der Waals surface area contributed by atoms with E-state index in [1.165, 1.54) is 11.3 Å². The van der Waals surface area contributed by atoms with Crippen molar-refractivity contribution in [1.29, 1.82) is 0 Å². The van der Waals surface area contributed by atoms with Gasteiger partial charge in [-0.3, -0.25) is 9.78 Å². The van der Waals surface area contributed by atoms with Crippen molar-refractivity contribution in [2.45, 2.75) is 6.92 Å². The number of rotatable bonds is 4. The summed E-state index contributed by atoms with van der Waals surface area (Å²) in [5.74, 6) is 0.785. The van der Waals surface area contributed by atoms with Crippen LogP contribution in [0.2, 0.25) is 0 Å². The van der Waals surface area contributed by atoms with Gasteiger partial charge in [0.25, 0.3) is 5.56 Å². The molecule has 0 aliphatic heterocycles. The highest BCUT2D eigenvalue weighted by molar-refractivity contribution is 7.13. The van der Waals surface area contributed by atoms with Crippen LogP contribution in [0, 0.1) is 6.92 Å². The summed E-state index contributed by atoms with van der Waals surface area (Å²) in [6, 6.07) is 13.6. The van der Waals surface area contributed by atoms with E-state index in [1.54, 1.807) is 31.1 Å². The number of methoxy groups -OCH3 is 1. The number of aromatic nitrogens is 3. The fourth-order valence-corrected chi connectivity index (χ4v) is 4.02. The summed E-state index contributed by atoms with van der Waals surface area (Å²) in [5, 5.41) is 2.68. The lowest BCUT2D eigenvalue weighted by Crippen LogP contribution is -2.21. The first-order chi connectivity index (χ1) is 13.6. The summed E-state index contributed by atoms with van der Waals surface area (Å²) >= 11 is 1.48. The van der Waals surface area contributed by atoms with Crippen LogP contribution in [0.4, 0.5) is 0 Å².